The minimum absolute atomic E-state index is 0.0471. The van der Waals surface area contributed by atoms with Gasteiger partial charge in [0.2, 0.25) is 5.91 Å². The van der Waals surface area contributed by atoms with E-state index in [0.29, 0.717) is 12.2 Å². The maximum atomic E-state index is 13.1. The maximum absolute atomic E-state index is 13.1. The zero-order chi connectivity index (χ0) is 17.9. The van der Waals surface area contributed by atoms with Crippen molar-refractivity contribution in [2.24, 2.45) is 0 Å². The monoisotopic (exact) mass is 363 g/mol. The number of sulfone groups is 1. The molecule has 1 aliphatic heterocycles. The second kappa shape index (κ2) is 7.23. The van der Waals surface area contributed by atoms with Crippen molar-refractivity contribution in [3.63, 3.8) is 0 Å². The summed E-state index contributed by atoms with van der Waals surface area (Å²) in [6.07, 6.45) is 4.82. The number of furan rings is 1. The lowest BCUT2D eigenvalue weighted by molar-refractivity contribution is -0.128. The molecule has 3 rings (SSSR count). The van der Waals surface area contributed by atoms with Gasteiger partial charge in [0.25, 0.3) is 0 Å². The summed E-state index contributed by atoms with van der Waals surface area (Å²) in [7, 11) is -3.13. The van der Waals surface area contributed by atoms with Gasteiger partial charge in [0, 0.05) is 18.7 Å². The van der Waals surface area contributed by atoms with E-state index in [-0.39, 0.29) is 35.8 Å². The van der Waals surface area contributed by atoms with Crippen molar-refractivity contribution < 1.29 is 22.0 Å². The van der Waals surface area contributed by atoms with Gasteiger partial charge < -0.3 is 9.32 Å². The number of carbonyl (C=O) groups excluding carboxylic acids is 1. The Bertz CT molecular complexity index is 857. The van der Waals surface area contributed by atoms with Crippen LogP contribution < -0.4 is 0 Å². The van der Waals surface area contributed by atoms with Crippen LogP contribution in [-0.2, 0) is 21.2 Å². The van der Waals surface area contributed by atoms with Gasteiger partial charge in [-0.3, -0.25) is 4.79 Å². The topological polar surface area (TPSA) is 67.6 Å². The third-order valence-corrected chi connectivity index (χ3v) is 5.88. The highest BCUT2D eigenvalue weighted by Crippen LogP contribution is 2.21. The summed E-state index contributed by atoms with van der Waals surface area (Å²) in [6, 6.07) is 8.87. The van der Waals surface area contributed by atoms with Crippen molar-refractivity contribution in [3.05, 3.63) is 65.9 Å². The number of rotatable bonds is 5. The Balaban J connectivity index is 1.80. The third-order valence-electron chi connectivity index (χ3n) is 4.13. The van der Waals surface area contributed by atoms with Gasteiger partial charge in [0.15, 0.2) is 9.84 Å². The zero-order valence-electron chi connectivity index (χ0n) is 13.5. The molecular weight excluding hydrogens is 345 g/mol. The molecule has 1 fully saturated rings. The Kier molecular flexibility index (Phi) is 5.03. The van der Waals surface area contributed by atoms with Crippen LogP contribution in [0.1, 0.15) is 17.7 Å². The normalized spacial score (nSPS) is 19.3. The van der Waals surface area contributed by atoms with Crippen LogP contribution in [0.25, 0.3) is 6.08 Å². The summed E-state index contributed by atoms with van der Waals surface area (Å²) in [6.45, 7) is 0.224. The van der Waals surface area contributed by atoms with Crippen LogP contribution in [0.3, 0.4) is 0 Å². The van der Waals surface area contributed by atoms with Gasteiger partial charge in [-0.1, -0.05) is 12.1 Å². The molecule has 0 saturated carbocycles. The molecule has 1 aliphatic rings. The molecule has 0 bridgehead atoms. The number of nitrogens with zero attached hydrogens (tertiary/aromatic N) is 1. The maximum Gasteiger partial charge on any atom is 0.247 e. The van der Waals surface area contributed by atoms with Gasteiger partial charge in [-0.2, -0.15) is 0 Å². The van der Waals surface area contributed by atoms with Crippen molar-refractivity contribution in [1.82, 2.24) is 4.90 Å². The fraction of sp³-hybridized carbons (Fsp3) is 0.278. The van der Waals surface area contributed by atoms with Crippen LogP contribution in [-0.4, -0.2) is 36.8 Å². The summed E-state index contributed by atoms with van der Waals surface area (Å²) >= 11 is 0. The van der Waals surface area contributed by atoms with Crippen molar-refractivity contribution in [1.29, 1.82) is 0 Å². The molecule has 0 unspecified atom stereocenters. The molecule has 1 aromatic heterocycles. The van der Waals surface area contributed by atoms with Crippen molar-refractivity contribution in [3.8, 4) is 0 Å². The number of carbonyl (C=O) groups is 1. The largest absolute Gasteiger partial charge is 0.465 e. The molecule has 5 nitrogen and oxygen atoms in total. The molecule has 2 heterocycles. The molecule has 25 heavy (non-hydrogen) atoms. The van der Waals surface area contributed by atoms with E-state index in [1.165, 1.54) is 29.4 Å². The molecule has 0 radical (unpaired) electrons. The highest BCUT2D eigenvalue weighted by molar-refractivity contribution is 7.91. The average molecular weight is 363 g/mol. The molecule has 7 heteroatoms. The second-order valence-corrected chi connectivity index (χ2v) is 8.23. The molecule has 1 saturated heterocycles. The SMILES string of the molecule is O=C(/C=C/c1ccco1)N(Cc1ccc(F)cc1)[C@H]1CCS(=O)(=O)C1. The van der Waals surface area contributed by atoms with Gasteiger partial charge in [0.1, 0.15) is 11.6 Å². The highest BCUT2D eigenvalue weighted by Gasteiger charge is 2.34. The molecule has 0 N–H and O–H groups in total. The number of halogens is 1. The van der Waals surface area contributed by atoms with Gasteiger partial charge in [-0.05, 0) is 42.3 Å². The Morgan fingerprint density at radius 1 is 1.28 bits per heavy atom. The molecule has 1 aromatic carbocycles. The predicted octanol–water partition coefficient (Wildman–Crippen LogP) is 2.65. The summed E-state index contributed by atoms with van der Waals surface area (Å²) in [4.78, 5) is 14.2. The van der Waals surface area contributed by atoms with Crippen LogP contribution in [0.5, 0.6) is 0 Å². The lowest BCUT2D eigenvalue weighted by atomic mass is 10.1. The van der Waals surface area contributed by atoms with Crippen LogP contribution >= 0.6 is 0 Å². The number of hydrogen-bond donors (Lipinski definition) is 0. The van der Waals surface area contributed by atoms with Gasteiger partial charge in [-0.15, -0.1) is 0 Å². The van der Waals surface area contributed by atoms with E-state index in [1.54, 1.807) is 30.3 Å². The van der Waals surface area contributed by atoms with E-state index >= 15 is 0 Å². The van der Waals surface area contributed by atoms with Crippen LogP contribution in [0.2, 0.25) is 0 Å². The number of benzene rings is 1. The predicted molar refractivity (Wildman–Crippen MR) is 91.8 cm³/mol. The van der Waals surface area contributed by atoms with E-state index in [0.717, 1.165) is 5.56 Å². The molecular formula is C18H18FNO4S. The zero-order valence-corrected chi connectivity index (χ0v) is 14.3. The first-order chi connectivity index (χ1) is 11.9. The van der Waals surface area contributed by atoms with Crippen molar-refractivity contribution in [2.75, 3.05) is 11.5 Å². The highest BCUT2D eigenvalue weighted by atomic mass is 32.2. The summed E-state index contributed by atoms with van der Waals surface area (Å²) in [5.41, 5.74) is 0.741. The first-order valence-corrected chi connectivity index (χ1v) is 9.72. The van der Waals surface area contributed by atoms with E-state index in [1.807, 2.05) is 0 Å². The van der Waals surface area contributed by atoms with E-state index in [4.69, 9.17) is 4.42 Å². The van der Waals surface area contributed by atoms with E-state index < -0.39 is 9.84 Å². The van der Waals surface area contributed by atoms with Crippen molar-refractivity contribution >= 4 is 21.8 Å². The van der Waals surface area contributed by atoms with Gasteiger partial charge in [-0.25, -0.2) is 12.8 Å². The van der Waals surface area contributed by atoms with Crippen LogP contribution in [0, 0.1) is 5.82 Å². The van der Waals surface area contributed by atoms with Gasteiger partial charge >= 0.3 is 0 Å². The molecule has 1 atom stereocenters. The van der Waals surface area contributed by atoms with Crippen LogP contribution in [0.15, 0.2) is 53.2 Å². The fourth-order valence-corrected chi connectivity index (χ4v) is 4.56. The number of amides is 1. The minimum Gasteiger partial charge on any atom is -0.465 e. The first-order valence-electron chi connectivity index (χ1n) is 7.90. The Labute approximate surface area is 145 Å². The van der Waals surface area contributed by atoms with Crippen molar-refractivity contribution in [2.45, 2.75) is 19.0 Å². The Morgan fingerprint density at radius 3 is 2.64 bits per heavy atom. The lowest BCUT2D eigenvalue weighted by Gasteiger charge is -2.27. The fourth-order valence-electron chi connectivity index (χ4n) is 2.83. The minimum atomic E-state index is -3.13. The molecule has 2 aromatic rings. The van der Waals surface area contributed by atoms with Crippen LogP contribution in [0.4, 0.5) is 4.39 Å². The number of hydrogen-bond acceptors (Lipinski definition) is 4. The third kappa shape index (κ3) is 4.57. The molecule has 1 amide bonds. The molecule has 0 spiro atoms. The smallest absolute Gasteiger partial charge is 0.247 e. The quantitative estimate of drug-likeness (QED) is 0.766. The summed E-state index contributed by atoms with van der Waals surface area (Å²) < 4.78 is 41.8. The lowest BCUT2D eigenvalue weighted by Crippen LogP contribution is -2.39. The first kappa shape index (κ1) is 17.4. The van der Waals surface area contributed by atoms with Gasteiger partial charge in [0.05, 0.1) is 17.8 Å². The Morgan fingerprint density at radius 2 is 2.04 bits per heavy atom. The van der Waals surface area contributed by atoms with E-state index in [2.05, 4.69) is 0 Å². The summed E-state index contributed by atoms with van der Waals surface area (Å²) in [5.74, 6) is -0.0962. The Hall–Kier alpha value is -2.41. The summed E-state index contributed by atoms with van der Waals surface area (Å²) in [5, 5.41) is 0. The molecule has 0 aliphatic carbocycles. The average Bonchev–Trinajstić information content (AvgIpc) is 3.21. The molecule has 132 valence electrons. The second-order valence-electron chi connectivity index (χ2n) is 6.00. The standard InChI is InChI=1S/C18H18FNO4S/c19-15-5-3-14(4-6-15)12-20(16-9-11-25(22,23)13-16)18(21)8-7-17-2-1-10-24-17/h1-8,10,16H,9,11-13H2/b8-7+/t16-/m0/s1. The van der Waals surface area contributed by atoms with E-state index in [9.17, 15) is 17.6 Å².